The highest BCUT2D eigenvalue weighted by molar-refractivity contribution is 5.87. The third kappa shape index (κ3) is 3.06. The van der Waals surface area contributed by atoms with Gasteiger partial charge in [0.15, 0.2) is 0 Å². The lowest BCUT2D eigenvalue weighted by atomic mass is 9.85. The molecule has 112 valence electrons. The first-order chi connectivity index (χ1) is 10.3. The zero-order valence-corrected chi connectivity index (χ0v) is 12.8. The van der Waals surface area contributed by atoms with E-state index in [1.54, 1.807) is 0 Å². The van der Waals surface area contributed by atoms with Crippen LogP contribution in [0.25, 0.3) is 10.8 Å². The monoisotopic (exact) mass is 283 g/mol. The molecule has 2 heteroatoms. The van der Waals surface area contributed by atoms with E-state index in [0.29, 0.717) is 12.6 Å². The van der Waals surface area contributed by atoms with Gasteiger partial charge in [-0.3, -0.25) is 0 Å². The molecule has 0 bridgehead atoms. The molecule has 1 aliphatic rings. The molecule has 2 unspecified atom stereocenters. The minimum Gasteiger partial charge on any atom is -0.490 e. The topological polar surface area (TPSA) is 35.2 Å². The maximum absolute atomic E-state index is 6.34. The first-order valence-corrected chi connectivity index (χ1v) is 8.19. The molecule has 2 aromatic carbocycles. The molecule has 3 rings (SSSR count). The van der Waals surface area contributed by atoms with E-state index in [4.69, 9.17) is 10.5 Å². The zero-order valence-electron chi connectivity index (χ0n) is 12.8. The lowest BCUT2D eigenvalue weighted by Crippen LogP contribution is -2.25. The van der Waals surface area contributed by atoms with E-state index in [9.17, 15) is 0 Å². The van der Waals surface area contributed by atoms with Crippen molar-refractivity contribution in [3.05, 3.63) is 42.0 Å². The van der Waals surface area contributed by atoms with Crippen molar-refractivity contribution in [1.29, 1.82) is 0 Å². The Hall–Kier alpha value is -1.54. The summed E-state index contributed by atoms with van der Waals surface area (Å²) in [6.07, 6.45) is 6.63. The van der Waals surface area contributed by atoms with Gasteiger partial charge in [0.2, 0.25) is 0 Å². The summed E-state index contributed by atoms with van der Waals surface area (Å²) in [4.78, 5) is 0. The predicted octanol–water partition coefficient (Wildman–Crippen LogP) is 4.65. The number of fused-ring (bicyclic) bond motifs is 1. The van der Waals surface area contributed by atoms with Gasteiger partial charge in [-0.25, -0.2) is 0 Å². The van der Waals surface area contributed by atoms with Crippen LogP contribution in [-0.4, -0.2) is 6.10 Å². The first kappa shape index (κ1) is 14.4. The molecule has 0 heterocycles. The minimum atomic E-state index is 0.357. The van der Waals surface area contributed by atoms with Crippen molar-refractivity contribution in [3.63, 3.8) is 0 Å². The van der Waals surface area contributed by atoms with Crippen molar-refractivity contribution in [2.24, 2.45) is 11.7 Å². The average Bonchev–Trinajstić information content (AvgIpc) is 2.55. The molecule has 0 saturated heterocycles. The smallest absolute Gasteiger partial charge is 0.124 e. The van der Waals surface area contributed by atoms with Gasteiger partial charge in [0, 0.05) is 12.1 Å². The Balaban J connectivity index is 1.86. The van der Waals surface area contributed by atoms with Crippen molar-refractivity contribution in [1.82, 2.24) is 0 Å². The highest BCUT2D eigenvalue weighted by Crippen LogP contribution is 2.33. The fourth-order valence-corrected chi connectivity index (χ4v) is 3.54. The molecule has 1 saturated carbocycles. The van der Waals surface area contributed by atoms with E-state index >= 15 is 0 Å². The van der Waals surface area contributed by atoms with Crippen LogP contribution in [0.4, 0.5) is 0 Å². The van der Waals surface area contributed by atoms with Crippen LogP contribution in [0.2, 0.25) is 0 Å². The van der Waals surface area contributed by atoms with Gasteiger partial charge in [-0.2, -0.15) is 0 Å². The number of benzene rings is 2. The first-order valence-electron chi connectivity index (χ1n) is 8.19. The number of nitrogens with two attached hydrogens (primary N) is 1. The van der Waals surface area contributed by atoms with Gasteiger partial charge >= 0.3 is 0 Å². The van der Waals surface area contributed by atoms with Gasteiger partial charge in [-0.1, -0.05) is 50.1 Å². The highest BCUT2D eigenvalue weighted by atomic mass is 16.5. The normalized spacial score (nSPS) is 22.4. The van der Waals surface area contributed by atoms with Crippen LogP contribution in [0.15, 0.2) is 36.4 Å². The van der Waals surface area contributed by atoms with Crippen molar-refractivity contribution in [2.45, 2.75) is 51.7 Å². The minimum absolute atomic E-state index is 0.357. The molecule has 0 spiro atoms. The molecule has 2 aromatic rings. The van der Waals surface area contributed by atoms with Crippen LogP contribution in [0.1, 0.15) is 44.6 Å². The molecule has 0 radical (unpaired) electrons. The van der Waals surface area contributed by atoms with Crippen LogP contribution in [0.5, 0.6) is 5.75 Å². The fourth-order valence-electron chi connectivity index (χ4n) is 3.54. The summed E-state index contributed by atoms with van der Waals surface area (Å²) in [6.45, 7) is 2.81. The van der Waals surface area contributed by atoms with Crippen LogP contribution < -0.4 is 10.5 Å². The van der Waals surface area contributed by atoms with Crippen molar-refractivity contribution in [3.8, 4) is 5.75 Å². The molecular formula is C19H25NO. The van der Waals surface area contributed by atoms with E-state index in [2.05, 4.69) is 43.3 Å². The van der Waals surface area contributed by atoms with E-state index in [-0.39, 0.29) is 0 Å². The van der Waals surface area contributed by atoms with Crippen molar-refractivity contribution < 1.29 is 4.74 Å². The Bertz CT molecular complexity index is 608. The molecule has 1 fully saturated rings. The molecule has 0 amide bonds. The maximum atomic E-state index is 6.34. The standard InChI is InChI=1S/C19H25NO/c1-2-14-6-5-8-16(12-14)21-19-11-10-15-7-3-4-9-17(15)18(19)13-20/h3-4,7,9-11,14,16H,2,5-6,8,12-13,20H2,1H3. The van der Waals surface area contributed by atoms with Gasteiger partial charge in [0.1, 0.15) is 5.75 Å². The van der Waals surface area contributed by atoms with Gasteiger partial charge < -0.3 is 10.5 Å². The second-order valence-electron chi connectivity index (χ2n) is 6.15. The average molecular weight is 283 g/mol. The second-order valence-corrected chi connectivity index (χ2v) is 6.15. The lowest BCUT2D eigenvalue weighted by Gasteiger charge is -2.29. The third-order valence-corrected chi connectivity index (χ3v) is 4.81. The van der Waals surface area contributed by atoms with E-state index < -0.39 is 0 Å². The van der Waals surface area contributed by atoms with E-state index in [0.717, 1.165) is 17.2 Å². The van der Waals surface area contributed by atoms with Crippen molar-refractivity contribution >= 4 is 10.8 Å². The number of rotatable bonds is 4. The summed E-state index contributed by atoms with van der Waals surface area (Å²) in [5, 5.41) is 2.46. The molecule has 1 aliphatic carbocycles. The van der Waals surface area contributed by atoms with Crippen LogP contribution in [0, 0.1) is 5.92 Å². The quantitative estimate of drug-likeness (QED) is 0.886. The number of ether oxygens (including phenoxy) is 1. The maximum Gasteiger partial charge on any atom is 0.124 e. The summed E-state index contributed by atoms with van der Waals surface area (Å²) in [5.74, 6) is 1.81. The molecular weight excluding hydrogens is 258 g/mol. The zero-order chi connectivity index (χ0) is 14.7. The molecule has 2 N–H and O–H groups in total. The van der Waals surface area contributed by atoms with E-state index in [1.807, 2.05) is 0 Å². The van der Waals surface area contributed by atoms with Crippen LogP contribution in [-0.2, 0) is 6.54 Å². The summed E-state index contributed by atoms with van der Waals surface area (Å²) < 4.78 is 6.34. The Morgan fingerprint density at radius 2 is 2.00 bits per heavy atom. The third-order valence-electron chi connectivity index (χ3n) is 4.81. The number of hydrogen-bond donors (Lipinski definition) is 1. The summed E-state index contributed by atoms with van der Waals surface area (Å²) in [5.41, 5.74) is 7.14. The summed E-state index contributed by atoms with van der Waals surface area (Å²) in [7, 11) is 0. The van der Waals surface area contributed by atoms with Gasteiger partial charge in [-0.05, 0) is 42.0 Å². The molecule has 0 aliphatic heterocycles. The van der Waals surface area contributed by atoms with Gasteiger partial charge in [0.25, 0.3) is 0 Å². The Morgan fingerprint density at radius 3 is 2.81 bits per heavy atom. The highest BCUT2D eigenvalue weighted by Gasteiger charge is 2.23. The fraction of sp³-hybridized carbons (Fsp3) is 0.474. The number of hydrogen-bond acceptors (Lipinski definition) is 2. The van der Waals surface area contributed by atoms with Crippen LogP contribution >= 0.6 is 0 Å². The largest absolute Gasteiger partial charge is 0.490 e. The summed E-state index contributed by atoms with van der Waals surface area (Å²) in [6, 6.07) is 12.6. The van der Waals surface area contributed by atoms with Crippen LogP contribution in [0.3, 0.4) is 0 Å². The van der Waals surface area contributed by atoms with E-state index in [1.165, 1.54) is 42.9 Å². The molecule has 0 aromatic heterocycles. The molecule has 21 heavy (non-hydrogen) atoms. The summed E-state index contributed by atoms with van der Waals surface area (Å²) >= 11 is 0. The van der Waals surface area contributed by atoms with Crippen molar-refractivity contribution in [2.75, 3.05) is 0 Å². The lowest BCUT2D eigenvalue weighted by molar-refractivity contribution is 0.121. The SMILES string of the molecule is CCC1CCCC(Oc2ccc3ccccc3c2CN)C1. The molecule has 2 nitrogen and oxygen atoms in total. The second kappa shape index (κ2) is 6.48. The van der Waals surface area contributed by atoms with Gasteiger partial charge in [0.05, 0.1) is 6.10 Å². The van der Waals surface area contributed by atoms with Gasteiger partial charge in [-0.15, -0.1) is 0 Å². The molecule has 2 atom stereocenters. The Labute approximate surface area is 127 Å². The predicted molar refractivity (Wildman–Crippen MR) is 88.5 cm³/mol. The Kier molecular flexibility index (Phi) is 4.45. The Morgan fingerprint density at radius 1 is 1.14 bits per heavy atom.